The molecule has 2 amide bonds. The molecule has 0 bridgehead atoms. The summed E-state index contributed by atoms with van der Waals surface area (Å²) in [5.41, 5.74) is -1.11. The van der Waals surface area contributed by atoms with E-state index in [4.69, 9.17) is 16.3 Å². The van der Waals surface area contributed by atoms with E-state index in [9.17, 15) is 31.2 Å². The molecule has 0 radical (unpaired) electrons. The van der Waals surface area contributed by atoms with Crippen molar-refractivity contribution in [1.29, 1.82) is 0 Å². The topological polar surface area (TPSA) is 96.0 Å². The van der Waals surface area contributed by atoms with Crippen molar-refractivity contribution in [2.45, 2.75) is 43.9 Å². The Morgan fingerprint density at radius 2 is 1.71 bits per heavy atom. The van der Waals surface area contributed by atoms with Gasteiger partial charge in [-0.15, -0.1) is 0 Å². The van der Waals surface area contributed by atoms with Gasteiger partial charge in [0.25, 0.3) is 10.0 Å². The molecule has 13 heteroatoms. The van der Waals surface area contributed by atoms with Crippen LogP contribution in [0.25, 0.3) is 0 Å². The fourth-order valence-electron chi connectivity index (χ4n) is 4.06. The highest BCUT2D eigenvalue weighted by Crippen LogP contribution is 2.37. The van der Waals surface area contributed by atoms with Crippen molar-refractivity contribution in [2.24, 2.45) is 0 Å². The van der Waals surface area contributed by atoms with Crippen molar-refractivity contribution in [1.82, 2.24) is 10.2 Å². The lowest BCUT2D eigenvalue weighted by atomic mass is 10.1. The van der Waals surface area contributed by atoms with Gasteiger partial charge >= 0.3 is 6.18 Å². The SMILES string of the molecule is CCCNC(=O)[C@H](C)N(Cc1cccc(OC)c1)C(=O)CN(c1cc(C(F)(F)F)ccc1Cl)S(=O)(=O)c1ccccc1. The predicted molar refractivity (Wildman–Crippen MR) is 154 cm³/mol. The van der Waals surface area contributed by atoms with Crippen LogP contribution in [0.15, 0.2) is 77.7 Å². The van der Waals surface area contributed by atoms with E-state index in [1.165, 1.54) is 38.3 Å². The van der Waals surface area contributed by atoms with Crippen LogP contribution in [-0.4, -0.2) is 51.4 Å². The number of anilines is 1. The zero-order chi connectivity index (χ0) is 31.1. The summed E-state index contributed by atoms with van der Waals surface area (Å²) in [5, 5.41) is 2.40. The van der Waals surface area contributed by atoms with Gasteiger partial charge in [-0.2, -0.15) is 13.2 Å². The second-order valence-electron chi connectivity index (χ2n) is 9.33. The molecule has 0 saturated carbocycles. The molecule has 42 heavy (non-hydrogen) atoms. The second-order valence-corrected chi connectivity index (χ2v) is 11.6. The van der Waals surface area contributed by atoms with Crippen molar-refractivity contribution >= 4 is 39.1 Å². The molecule has 1 N–H and O–H groups in total. The summed E-state index contributed by atoms with van der Waals surface area (Å²) in [6.45, 7) is 2.63. The van der Waals surface area contributed by atoms with Gasteiger partial charge in [-0.25, -0.2) is 8.42 Å². The molecule has 0 unspecified atom stereocenters. The Bertz CT molecular complexity index is 1500. The largest absolute Gasteiger partial charge is 0.497 e. The van der Waals surface area contributed by atoms with E-state index in [0.717, 1.165) is 17.0 Å². The molecule has 3 rings (SSSR count). The number of nitrogens with one attached hydrogen (secondary N) is 1. The smallest absolute Gasteiger partial charge is 0.416 e. The van der Waals surface area contributed by atoms with Gasteiger partial charge in [0.1, 0.15) is 18.3 Å². The summed E-state index contributed by atoms with van der Waals surface area (Å²) in [6.07, 6.45) is -4.17. The van der Waals surface area contributed by atoms with E-state index >= 15 is 0 Å². The molecule has 0 aliphatic heterocycles. The van der Waals surface area contributed by atoms with Gasteiger partial charge in [0, 0.05) is 13.1 Å². The van der Waals surface area contributed by atoms with Crippen LogP contribution < -0.4 is 14.4 Å². The van der Waals surface area contributed by atoms with Crippen LogP contribution in [0.3, 0.4) is 0 Å². The zero-order valence-corrected chi connectivity index (χ0v) is 24.8. The highest BCUT2D eigenvalue weighted by atomic mass is 35.5. The summed E-state index contributed by atoms with van der Waals surface area (Å²) in [4.78, 5) is 27.8. The average Bonchev–Trinajstić information content (AvgIpc) is 2.97. The maximum absolute atomic E-state index is 13.9. The third kappa shape index (κ3) is 7.95. The number of nitrogens with zero attached hydrogens (tertiary/aromatic N) is 2. The number of sulfonamides is 1. The Labute approximate surface area is 248 Å². The Kier molecular flexibility index (Phi) is 10.9. The lowest BCUT2D eigenvalue weighted by Gasteiger charge is -2.32. The van der Waals surface area contributed by atoms with E-state index < -0.39 is 51.9 Å². The van der Waals surface area contributed by atoms with Crippen molar-refractivity contribution < 1.29 is 35.9 Å². The number of rotatable bonds is 12. The van der Waals surface area contributed by atoms with Crippen LogP contribution in [0.5, 0.6) is 5.75 Å². The summed E-state index contributed by atoms with van der Waals surface area (Å²) in [7, 11) is -3.13. The minimum Gasteiger partial charge on any atom is -0.497 e. The van der Waals surface area contributed by atoms with Crippen LogP contribution in [-0.2, 0) is 32.3 Å². The number of alkyl halides is 3. The lowest BCUT2D eigenvalue weighted by molar-refractivity contribution is -0.139. The molecule has 3 aromatic rings. The average molecular weight is 626 g/mol. The van der Waals surface area contributed by atoms with Gasteiger partial charge < -0.3 is 15.0 Å². The summed E-state index contributed by atoms with van der Waals surface area (Å²) < 4.78 is 74.3. The predicted octanol–water partition coefficient (Wildman–Crippen LogP) is 5.51. The van der Waals surface area contributed by atoms with Gasteiger partial charge in [-0.3, -0.25) is 13.9 Å². The van der Waals surface area contributed by atoms with Crippen molar-refractivity contribution in [3.63, 3.8) is 0 Å². The zero-order valence-electron chi connectivity index (χ0n) is 23.2. The maximum atomic E-state index is 13.9. The van der Waals surface area contributed by atoms with Gasteiger partial charge in [-0.1, -0.05) is 48.9 Å². The fourth-order valence-corrected chi connectivity index (χ4v) is 5.77. The second kappa shape index (κ2) is 13.9. The van der Waals surface area contributed by atoms with Crippen LogP contribution in [0.4, 0.5) is 18.9 Å². The van der Waals surface area contributed by atoms with E-state index in [-0.39, 0.29) is 16.5 Å². The summed E-state index contributed by atoms with van der Waals surface area (Å²) in [6, 6.07) is 14.8. The molecule has 0 saturated heterocycles. The van der Waals surface area contributed by atoms with Crippen LogP contribution in [0.1, 0.15) is 31.4 Å². The van der Waals surface area contributed by atoms with E-state index in [0.29, 0.717) is 34.7 Å². The van der Waals surface area contributed by atoms with E-state index in [1.807, 2.05) is 6.92 Å². The number of halogens is 4. The molecule has 3 aromatic carbocycles. The van der Waals surface area contributed by atoms with E-state index in [2.05, 4.69) is 5.32 Å². The first-order valence-electron chi connectivity index (χ1n) is 12.9. The lowest BCUT2D eigenvalue weighted by Crippen LogP contribution is -2.51. The van der Waals surface area contributed by atoms with Crippen molar-refractivity contribution in [3.05, 3.63) is 88.9 Å². The minimum absolute atomic E-state index is 0.119. The maximum Gasteiger partial charge on any atom is 0.416 e. The van der Waals surface area contributed by atoms with Gasteiger partial charge in [0.2, 0.25) is 11.8 Å². The Hall–Kier alpha value is -3.77. The summed E-state index contributed by atoms with van der Waals surface area (Å²) in [5.74, 6) is -0.834. The number of ether oxygens (including phenoxy) is 1. The molecule has 0 heterocycles. The van der Waals surface area contributed by atoms with Gasteiger partial charge in [0.15, 0.2) is 0 Å². The highest BCUT2D eigenvalue weighted by Gasteiger charge is 2.36. The van der Waals surface area contributed by atoms with Crippen molar-refractivity contribution in [3.8, 4) is 5.75 Å². The number of hydrogen-bond donors (Lipinski definition) is 1. The molecular formula is C29H31ClF3N3O5S. The number of methoxy groups -OCH3 is 1. The molecule has 8 nitrogen and oxygen atoms in total. The number of benzene rings is 3. The molecule has 226 valence electrons. The number of carbonyl (C=O) groups excluding carboxylic acids is 2. The third-order valence-electron chi connectivity index (χ3n) is 6.36. The highest BCUT2D eigenvalue weighted by molar-refractivity contribution is 7.92. The third-order valence-corrected chi connectivity index (χ3v) is 8.45. The first-order chi connectivity index (χ1) is 19.8. The van der Waals surface area contributed by atoms with Crippen LogP contribution >= 0.6 is 11.6 Å². The summed E-state index contributed by atoms with van der Waals surface area (Å²) >= 11 is 6.25. The molecule has 0 fully saturated rings. The number of carbonyl (C=O) groups is 2. The first kappa shape index (κ1) is 32.7. The normalized spacial score (nSPS) is 12.4. The Morgan fingerprint density at radius 1 is 1.02 bits per heavy atom. The molecule has 0 aliphatic rings. The quantitative estimate of drug-likeness (QED) is 0.287. The van der Waals surface area contributed by atoms with Gasteiger partial charge in [-0.05, 0) is 61.4 Å². The first-order valence-corrected chi connectivity index (χ1v) is 14.8. The number of hydrogen-bond acceptors (Lipinski definition) is 5. The van der Waals surface area contributed by atoms with E-state index in [1.54, 1.807) is 30.3 Å². The molecule has 1 atom stereocenters. The molecule has 0 aliphatic carbocycles. The Morgan fingerprint density at radius 3 is 2.33 bits per heavy atom. The minimum atomic E-state index is -4.81. The Balaban J connectivity index is 2.12. The molecular weight excluding hydrogens is 595 g/mol. The van der Waals surface area contributed by atoms with Gasteiger partial charge in [0.05, 0.1) is 28.3 Å². The molecule has 0 spiro atoms. The van der Waals surface area contributed by atoms with Crippen molar-refractivity contribution in [2.75, 3.05) is 24.5 Å². The number of amides is 2. The van der Waals surface area contributed by atoms with Crippen LogP contribution in [0.2, 0.25) is 5.02 Å². The monoisotopic (exact) mass is 625 g/mol. The standard InChI is InChI=1S/C29H31ClF3N3O5S/c1-4-15-34-28(38)20(2)35(18-21-9-8-10-23(16-21)41-3)27(37)19-36(42(39,40)24-11-6-5-7-12-24)26-17-22(29(31,32)33)13-14-25(26)30/h5-14,16-17,20H,4,15,18-19H2,1-3H3,(H,34,38)/t20-/m0/s1. The van der Waals surface area contributed by atoms with Crippen LogP contribution in [0, 0.1) is 0 Å². The fraction of sp³-hybridized carbons (Fsp3) is 0.310. The molecule has 0 aromatic heterocycles.